The van der Waals surface area contributed by atoms with Crippen LogP contribution in [0.1, 0.15) is 30.6 Å². The second-order valence-corrected chi connectivity index (χ2v) is 7.19. The van der Waals surface area contributed by atoms with Crippen molar-refractivity contribution in [3.63, 3.8) is 0 Å². The lowest BCUT2D eigenvalue weighted by molar-refractivity contribution is 0.102. The van der Waals surface area contributed by atoms with Crippen LogP contribution in [0, 0.1) is 5.82 Å². The molecule has 0 radical (unpaired) electrons. The normalized spacial score (nSPS) is 13.8. The molecule has 1 amide bonds. The number of anilines is 2. The van der Waals surface area contributed by atoms with Gasteiger partial charge in [-0.25, -0.2) is 4.39 Å². The molecule has 162 valence electrons. The van der Waals surface area contributed by atoms with Crippen molar-refractivity contribution >= 4 is 28.9 Å². The summed E-state index contributed by atoms with van der Waals surface area (Å²) in [5.41, 5.74) is 1.15. The zero-order chi connectivity index (χ0) is 21.5. The number of carbonyl (C=O) groups excluding carboxylic acids is 1. The number of nitrogens with one attached hydrogen (secondary N) is 1. The molecule has 0 saturated carbocycles. The number of nitrogens with zero attached hydrogens (tertiary/aromatic N) is 1. The Morgan fingerprint density at radius 2 is 1.97 bits per heavy atom. The third kappa shape index (κ3) is 5.34. The van der Waals surface area contributed by atoms with Gasteiger partial charge in [-0.05, 0) is 43.7 Å². The van der Waals surface area contributed by atoms with Gasteiger partial charge in [-0.3, -0.25) is 4.79 Å². The summed E-state index contributed by atoms with van der Waals surface area (Å²) in [6.45, 7) is 7.11. The maximum Gasteiger partial charge on any atom is 0.255 e. The van der Waals surface area contributed by atoms with Crippen molar-refractivity contribution in [2.24, 2.45) is 0 Å². The van der Waals surface area contributed by atoms with Crippen molar-refractivity contribution < 1.29 is 23.4 Å². The summed E-state index contributed by atoms with van der Waals surface area (Å²) in [5.74, 6) is -0.000241. The van der Waals surface area contributed by atoms with Gasteiger partial charge in [0, 0.05) is 24.3 Å². The molecule has 1 fully saturated rings. The third-order valence-corrected chi connectivity index (χ3v) is 4.86. The van der Waals surface area contributed by atoms with E-state index in [2.05, 4.69) is 5.32 Å². The summed E-state index contributed by atoms with van der Waals surface area (Å²) in [7, 11) is 0. The Morgan fingerprint density at radius 3 is 2.63 bits per heavy atom. The Kier molecular flexibility index (Phi) is 7.76. The summed E-state index contributed by atoms with van der Waals surface area (Å²) in [6, 6.07) is 7.75. The molecule has 0 spiro atoms. The lowest BCUT2D eigenvalue weighted by Crippen LogP contribution is -2.36. The van der Waals surface area contributed by atoms with E-state index in [1.165, 1.54) is 12.1 Å². The molecule has 6 nitrogen and oxygen atoms in total. The van der Waals surface area contributed by atoms with Crippen LogP contribution in [0.4, 0.5) is 15.8 Å². The van der Waals surface area contributed by atoms with Crippen LogP contribution in [0.25, 0.3) is 0 Å². The molecule has 0 bridgehead atoms. The number of benzene rings is 2. The fourth-order valence-corrected chi connectivity index (χ4v) is 3.42. The van der Waals surface area contributed by atoms with Gasteiger partial charge in [0.2, 0.25) is 0 Å². The van der Waals surface area contributed by atoms with Crippen LogP contribution in [0.15, 0.2) is 30.3 Å². The molecule has 8 heteroatoms. The molecule has 1 N–H and O–H groups in total. The van der Waals surface area contributed by atoms with Crippen LogP contribution in [-0.2, 0) is 4.74 Å². The molecule has 1 saturated heterocycles. The fraction of sp³-hybridized carbons (Fsp3) is 0.409. The van der Waals surface area contributed by atoms with E-state index in [-0.39, 0.29) is 5.02 Å². The number of carbonyl (C=O) groups is 1. The predicted octanol–water partition coefficient (Wildman–Crippen LogP) is 4.76. The number of ether oxygens (including phenoxy) is 3. The van der Waals surface area contributed by atoms with Crippen LogP contribution in [0.2, 0.25) is 5.02 Å². The highest BCUT2D eigenvalue weighted by atomic mass is 35.5. The Balaban J connectivity index is 1.77. The second-order valence-electron chi connectivity index (χ2n) is 6.79. The third-order valence-electron chi connectivity index (χ3n) is 4.58. The standard InChI is InChI=1S/C22H26ClFN2O4/c1-3-9-30-21-17(23)12-15(13-20(21)29-4-2)22(27)25-16-5-6-19(18(24)14-16)26-7-10-28-11-8-26/h5-6,12-14H,3-4,7-11H2,1-2H3,(H,25,27). The van der Waals surface area contributed by atoms with Gasteiger partial charge in [0.25, 0.3) is 5.91 Å². The summed E-state index contributed by atoms with van der Waals surface area (Å²) in [4.78, 5) is 14.7. The minimum absolute atomic E-state index is 0.286. The molecule has 1 heterocycles. The van der Waals surface area contributed by atoms with Crippen molar-refractivity contribution in [2.45, 2.75) is 20.3 Å². The second kappa shape index (κ2) is 10.5. The van der Waals surface area contributed by atoms with Crippen molar-refractivity contribution in [2.75, 3.05) is 49.7 Å². The molecule has 30 heavy (non-hydrogen) atoms. The first-order valence-corrected chi connectivity index (χ1v) is 10.4. The average Bonchev–Trinajstić information content (AvgIpc) is 2.74. The lowest BCUT2D eigenvalue weighted by atomic mass is 10.1. The van der Waals surface area contributed by atoms with E-state index < -0.39 is 11.7 Å². The molecular formula is C22H26ClFN2O4. The molecule has 1 aliphatic rings. The quantitative estimate of drug-likeness (QED) is 0.646. The Hall–Kier alpha value is -2.51. The van der Waals surface area contributed by atoms with Crippen LogP contribution in [0.5, 0.6) is 11.5 Å². The lowest BCUT2D eigenvalue weighted by Gasteiger charge is -2.29. The molecule has 0 atom stereocenters. The first kappa shape index (κ1) is 22.2. The van der Waals surface area contributed by atoms with E-state index in [0.717, 1.165) is 6.42 Å². The predicted molar refractivity (Wildman–Crippen MR) is 116 cm³/mol. The zero-order valence-corrected chi connectivity index (χ0v) is 17.9. The monoisotopic (exact) mass is 436 g/mol. The van der Waals surface area contributed by atoms with Gasteiger partial charge >= 0.3 is 0 Å². The SMILES string of the molecule is CCCOc1c(Cl)cc(C(=O)Nc2ccc(N3CCOCC3)c(F)c2)cc1OCC. The highest BCUT2D eigenvalue weighted by Gasteiger charge is 2.18. The molecule has 0 unspecified atom stereocenters. The van der Waals surface area contributed by atoms with Gasteiger partial charge in [0.1, 0.15) is 5.82 Å². The molecule has 1 aliphatic heterocycles. The summed E-state index contributed by atoms with van der Waals surface area (Å²) < 4.78 is 31.1. The van der Waals surface area contributed by atoms with Crippen molar-refractivity contribution in [1.82, 2.24) is 0 Å². The molecule has 2 aromatic carbocycles. The maximum atomic E-state index is 14.6. The van der Waals surface area contributed by atoms with Gasteiger partial charge in [-0.15, -0.1) is 0 Å². The number of rotatable bonds is 8. The van der Waals surface area contributed by atoms with Crippen molar-refractivity contribution in [3.05, 3.63) is 46.7 Å². The van der Waals surface area contributed by atoms with Crippen LogP contribution < -0.4 is 19.7 Å². The van der Waals surface area contributed by atoms with Gasteiger partial charge in [0.05, 0.1) is 37.1 Å². The maximum absolute atomic E-state index is 14.6. The number of hydrogen-bond donors (Lipinski definition) is 1. The van der Waals surface area contributed by atoms with Gasteiger partial charge in [0.15, 0.2) is 11.5 Å². The number of morpholine rings is 1. The Labute approximate surface area is 180 Å². The number of amides is 1. The van der Waals surface area contributed by atoms with Gasteiger partial charge < -0.3 is 24.4 Å². The van der Waals surface area contributed by atoms with E-state index in [1.807, 2.05) is 18.7 Å². The minimum Gasteiger partial charge on any atom is -0.490 e. The van der Waals surface area contributed by atoms with Crippen LogP contribution in [-0.4, -0.2) is 45.4 Å². The highest BCUT2D eigenvalue weighted by Crippen LogP contribution is 2.37. The van der Waals surface area contributed by atoms with Crippen molar-refractivity contribution in [1.29, 1.82) is 0 Å². The number of hydrogen-bond acceptors (Lipinski definition) is 5. The first-order chi connectivity index (χ1) is 14.5. The van der Waals surface area contributed by atoms with Crippen molar-refractivity contribution in [3.8, 4) is 11.5 Å². The van der Waals surface area contributed by atoms with E-state index in [4.69, 9.17) is 25.8 Å². The summed E-state index contributed by atoms with van der Waals surface area (Å²) in [6.07, 6.45) is 0.816. The Bertz CT molecular complexity index is 888. The van der Waals surface area contributed by atoms with Crippen LogP contribution in [0.3, 0.4) is 0 Å². The van der Waals surface area contributed by atoms with E-state index in [0.29, 0.717) is 68.0 Å². The van der Waals surface area contributed by atoms with E-state index >= 15 is 0 Å². The minimum atomic E-state index is -0.418. The van der Waals surface area contributed by atoms with E-state index in [9.17, 15) is 9.18 Å². The molecular weight excluding hydrogens is 411 g/mol. The van der Waals surface area contributed by atoms with E-state index in [1.54, 1.807) is 18.2 Å². The molecule has 0 aromatic heterocycles. The average molecular weight is 437 g/mol. The smallest absolute Gasteiger partial charge is 0.255 e. The van der Waals surface area contributed by atoms with Crippen LogP contribution >= 0.6 is 11.6 Å². The number of halogens is 2. The largest absolute Gasteiger partial charge is 0.490 e. The topological polar surface area (TPSA) is 60.0 Å². The highest BCUT2D eigenvalue weighted by molar-refractivity contribution is 6.32. The van der Waals surface area contributed by atoms with Gasteiger partial charge in [-0.2, -0.15) is 0 Å². The summed E-state index contributed by atoms with van der Waals surface area (Å²) >= 11 is 6.32. The zero-order valence-electron chi connectivity index (χ0n) is 17.2. The first-order valence-electron chi connectivity index (χ1n) is 10.1. The molecule has 2 aromatic rings. The Morgan fingerprint density at radius 1 is 1.20 bits per heavy atom. The van der Waals surface area contributed by atoms with Gasteiger partial charge in [-0.1, -0.05) is 18.5 Å². The molecule has 3 rings (SSSR count). The summed E-state index contributed by atoms with van der Waals surface area (Å²) in [5, 5.41) is 3.00. The fourth-order valence-electron chi connectivity index (χ4n) is 3.15. The molecule has 0 aliphatic carbocycles.